The molecule has 1 aromatic carbocycles. The van der Waals surface area contributed by atoms with Gasteiger partial charge in [0.25, 0.3) is 0 Å². The number of rotatable bonds is 3. The molecule has 18 heavy (non-hydrogen) atoms. The number of benzene rings is 1. The van der Waals surface area contributed by atoms with Gasteiger partial charge in [-0.1, -0.05) is 0 Å². The van der Waals surface area contributed by atoms with E-state index in [0.717, 1.165) is 30.2 Å². The third kappa shape index (κ3) is 2.46. The Labute approximate surface area is 105 Å². The molecule has 0 radical (unpaired) electrons. The molecule has 2 nitrogen and oxygen atoms in total. The lowest BCUT2D eigenvalue weighted by Gasteiger charge is -2.22. The van der Waals surface area contributed by atoms with Crippen molar-refractivity contribution in [2.45, 2.75) is 31.5 Å². The number of hydrogen-bond donors (Lipinski definition) is 1. The van der Waals surface area contributed by atoms with Gasteiger partial charge in [0.15, 0.2) is 0 Å². The highest BCUT2D eigenvalue weighted by Crippen LogP contribution is 2.37. The third-order valence-electron chi connectivity index (χ3n) is 3.53. The Kier molecular flexibility index (Phi) is 3.52. The molecule has 1 atom stereocenters. The monoisotopic (exact) mass is 258 g/mol. The maximum absolute atomic E-state index is 12.6. The van der Waals surface area contributed by atoms with Crippen LogP contribution < -0.4 is 10.6 Å². The summed E-state index contributed by atoms with van der Waals surface area (Å²) >= 11 is 0. The molecule has 0 amide bonds. The maximum atomic E-state index is 12.6. The number of anilines is 1. The summed E-state index contributed by atoms with van der Waals surface area (Å²) in [7, 11) is 1.93. The highest BCUT2D eigenvalue weighted by atomic mass is 19.4. The summed E-state index contributed by atoms with van der Waals surface area (Å²) in [6.45, 7) is 0.620. The first-order valence-corrected chi connectivity index (χ1v) is 6.06. The molecular formula is C13H17F3N2. The Balaban J connectivity index is 2.21. The fourth-order valence-electron chi connectivity index (χ4n) is 2.51. The molecule has 0 bridgehead atoms. The molecule has 5 heteroatoms. The lowest BCUT2D eigenvalue weighted by Crippen LogP contribution is -2.28. The number of hydrogen-bond acceptors (Lipinski definition) is 2. The van der Waals surface area contributed by atoms with Crippen molar-refractivity contribution < 1.29 is 13.2 Å². The van der Waals surface area contributed by atoms with Crippen molar-refractivity contribution in [3.8, 4) is 0 Å². The van der Waals surface area contributed by atoms with E-state index in [0.29, 0.717) is 13.0 Å². The van der Waals surface area contributed by atoms with E-state index in [9.17, 15) is 13.2 Å². The Morgan fingerprint density at radius 3 is 2.72 bits per heavy atom. The zero-order chi connectivity index (χ0) is 13.3. The Bertz CT molecular complexity index is 429. The first kappa shape index (κ1) is 13.2. The van der Waals surface area contributed by atoms with Gasteiger partial charge in [0, 0.05) is 18.8 Å². The molecule has 2 rings (SSSR count). The van der Waals surface area contributed by atoms with Gasteiger partial charge in [-0.2, -0.15) is 13.2 Å². The van der Waals surface area contributed by atoms with Crippen molar-refractivity contribution in [3.63, 3.8) is 0 Å². The Hall–Kier alpha value is -1.23. The first-order chi connectivity index (χ1) is 8.43. The van der Waals surface area contributed by atoms with Crippen LogP contribution in [-0.2, 0) is 12.6 Å². The Morgan fingerprint density at radius 2 is 2.11 bits per heavy atom. The lowest BCUT2D eigenvalue weighted by molar-refractivity contribution is -0.137. The summed E-state index contributed by atoms with van der Waals surface area (Å²) in [5, 5.41) is 0. The Morgan fingerprint density at radius 1 is 1.39 bits per heavy atom. The standard InChI is InChI=1S/C13H17F3N2/c1-18-11(3-2-6-17)8-9-7-10(13(14,15)16)4-5-12(9)18/h4-5,7,11H,2-3,6,8,17H2,1H3. The van der Waals surface area contributed by atoms with Crippen molar-refractivity contribution in [1.82, 2.24) is 0 Å². The van der Waals surface area contributed by atoms with Gasteiger partial charge >= 0.3 is 6.18 Å². The van der Waals surface area contributed by atoms with Crippen LogP contribution in [0, 0.1) is 0 Å². The fourth-order valence-corrected chi connectivity index (χ4v) is 2.51. The van der Waals surface area contributed by atoms with Gasteiger partial charge in [-0.15, -0.1) is 0 Å². The minimum absolute atomic E-state index is 0.270. The van der Waals surface area contributed by atoms with E-state index in [1.807, 2.05) is 7.05 Å². The van der Waals surface area contributed by atoms with E-state index in [1.165, 1.54) is 6.07 Å². The zero-order valence-electron chi connectivity index (χ0n) is 10.3. The SMILES string of the molecule is CN1c2ccc(C(F)(F)F)cc2CC1CCCN. The summed E-state index contributed by atoms with van der Waals surface area (Å²) in [5.74, 6) is 0. The molecule has 1 aromatic rings. The van der Waals surface area contributed by atoms with Crippen LogP contribution in [0.5, 0.6) is 0 Å². The summed E-state index contributed by atoms with van der Waals surface area (Å²) in [6.07, 6.45) is -1.77. The highest BCUT2D eigenvalue weighted by molar-refractivity contribution is 5.60. The average molecular weight is 258 g/mol. The molecule has 1 heterocycles. The molecule has 1 aliphatic heterocycles. The zero-order valence-corrected chi connectivity index (χ0v) is 10.3. The number of nitrogens with two attached hydrogens (primary N) is 1. The molecule has 1 unspecified atom stereocenters. The van der Waals surface area contributed by atoms with Crippen LogP contribution >= 0.6 is 0 Å². The number of likely N-dealkylation sites (N-methyl/N-ethyl adjacent to an activating group) is 1. The van der Waals surface area contributed by atoms with Gasteiger partial charge in [0.05, 0.1) is 5.56 Å². The van der Waals surface area contributed by atoms with Crippen molar-refractivity contribution in [3.05, 3.63) is 29.3 Å². The fraction of sp³-hybridized carbons (Fsp3) is 0.538. The predicted octanol–water partition coefficient (Wildman–Crippen LogP) is 2.81. The molecule has 100 valence electrons. The summed E-state index contributed by atoms with van der Waals surface area (Å²) in [6, 6.07) is 4.27. The maximum Gasteiger partial charge on any atom is 0.416 e. The van der Waals surface area contributed by atoms with E-state index < -0.39 is 11.7 Å². The van der Waals surface area contributed by atoms with Crippen molar-refractivity contribution in [2.24, 2.45) is 5.73 Å². The van der Waals surface area contributed by atoms with Gasteiger partial charge in [0.2, 0.25) is 0 Å². The lowest BCUT2D eigenvalue weighted by atomic mass is 10.0. The first-order valence-electron chi connectivity index (χ1n) is 6.06. The summed E-state index contributed by atoms with van der Waals surface area (Å²) in [5.41, 5.74) is 6.60. The van der Waals surface area contributed by atoms with Crippen LogP contribution in [0.25, 0.3) is 0 Å². The van der Waals surface area contributed by atoms with Crippen molar-refractivity contribution in [1.29, 1.82) is 0 Å². The molecule has 1 aliphatic rings. The van der Waals surface area contributed by atoms with Crippen molar-refractivity contribution >= 4 is 5.69 Å². The number of alkyl halides is 3. The third-order valence-corrected chi connectivity index (χ3v) is 3.53. The second-order valence-electron chi connectivity index (χ2n) is 4.74. The van der Waals surface area contributed by atoms with Crippen molar-refractivity contribution in [2.75, 3.05) is 18.5 Å². The van der Waals surface area contributed by atoms with Crippen LogP contribution in [0.15, 0.2) is 18.2 Å². The van der Waals surface area contributed by atoms with Crippen LogP contribution in [0.4, 0.5) is 18.9 Å². The minimum atomic E-state index is -4.26. The smallest absolute Gasteiger partial charge is 0.371 e. The predicted molar refractivity (Wildman–Crippen MR) is 65.6 cm³/mol. The van der Waals surface area contributed by atoms with Gasteiger partial charge in [-0.25, -0.2) is 0 Å². The molecule has 0 aliphatic carbocycles. The van der Waals surface area contributed by atoms with Crippen LogP contribution in [0.1, 0.15) is 24.0 Å². The van der Waals surface area contributed by atoms with E-state index >= 15 is 0 Å². The molecule has 0 saturated heterocycles. The van der Waals surface area contributed by atoms with Gasteiger partial charge in [-0.3, -0.25) is 0 Å². The average Bonchev–Trinajstić information content (AvgIpc) is 2.62. The second-order valence-corrected chi connectivity index (χ2v) is 4.74. The van der Waals surface area contributed by atoms with Gasteiger partial charge in [0.1, 0.15) is 0 Å². The van der Waals surface area contributed by atoms with Crippen LogP contribution in [0.3, 0.4) is 0 Å². The topological polar surface area (TPSA) is 29.3 Å². The quantitative estimate of drug-likeness (QED) is 0.903. The van der Waals surface area contributed by atoms with Crippen LogP contribution in [-0.4, -0.2) is 19.6 Å². The number of fused-ring (bicyclic) bond motifs is 1. The van der Waals surface area contributed by atoms with Gasteiger partial charge < -0.3 is 10.6 Å². The molecule has 2 N–H and O–H groups in total. The molecule has 0 spiro atoms. The summed E-state index contributed by atoms with van der Waals surface area (Å²) < 4.78 is 37.9. The van der Waals surface area contributed by atoms with E-state index in [-0.39, 0.29) is 6.04 Å². The number of halogens is 3. The second kappa shape index (κ2) is 4.80. The van der Waals surface area contributed by atoms with E-state index in [4.69, 9.17) is 5.73 Å². The highest BCUT2D eigenvalue weighted by Gasteiger charge is 2.33. The van der Waals surface area contributed by atoms with Crippen LogP contribution in [0.2, 0.25) is 0 Å². The van der Waals surface area contributed by atoms with Gasteiger partial charge in [-0.05, 0) is 49.6 Å². The number of nitrogens with zero attached hydrogens (tertiary/aromatic N) is 1. The largest absolute Gasteiger partial charge is 0.416 e. The minimum Gasteiger partial charge on any atom is -0.371 e. The summed E-state index contributed by atoms with van der Waals surface area (Å²) in [4.78, 5) is 2.06. The molecule has 0 saturated carbocycles. The van der Waals surface area contributed by atoms with E-state index in [1.54, 1.807) is 6.07 Å². The normalized spacial score (nSPS) is 19.2. The molecular weight excluding hydrogens is 241 g/mol. The van der Waals surface area contributed by atoms with E-state index in [2.05, 4.69) is 4.90 Å². The molecule has 0 fully saturated rings. The molecule has 0 aromatic heterocycles.